The van der Waals surface area contributed by atoms with E-state index in [1.807, 2.05) is 18.2 Å². The second kappa shape index (κ2) is 6.41. The first-order valence-corrected chi connectivity index (χ1v) is 5.95. The Balaban J connectivity index is 1.83. The summed E-state index contributed by atoms with van der Waals surface area (Å²) in [7, 11) is 0. The molecular weight excluding hydrogens is 262 g/mol. The number of hydrogen-bond donors (Lipinski definition) is 2. The van der Waals surface area contributed by atoms with Crippen LogP contribution in [-0.4, -0.2) is 43.5 Å². The van der Waals surface area contributed by atoms with Crippen molar-refractivity contribution >= 4 is 11.9 Å². The van der Waals surface area contributed by atoms with Gasteiger partial charge in [-0.05, 0) is 12.1 Å². The van der Waals surface area contributed by atoms with E-state index in [9.17, 15) is 9.59 Å². The van der Waals surface area contributed by atoms with Crippen LogP contribution in [0.4, 0.5) is 0 Å². The number of carbonyl (C=O) groups is 2. The van der Waals surface area contributed by atoms with E-state index in [2.05, 4.69) is 20.6 Å². The predicted molar refractivity (Wildman–Crippen MR) is 67.9 cm³/mol. The van der Waals surface area contributed by atoms with Crippen molar-refractivity contribution < 1.29 is 14.7 Å². The Hall–Kier alpha value is -2.77. The molecule has 2 heterocycles. The van der Waals surface area contributed by atoms with Crippen molar-refractivity contribution in [2.24, 2.45) is 0 Å². The van der Waals surface area contributed by atoms with Crippen molar-refractivity contribution in [3.05, 3.63) is 42.0 Å². The Bertz CT molecular complexity index is 596. The molecule has 0 radical (unpaired) electrons. The summed E-state index contributed by atoms with van der Waals surface area (Å²) in [6.45, 7) is 0.0931. The molecule has 0 aliphatic carbocycles. The highest BCUT2D eigenvalue weighted by molar-refractivity contribution is 5.91. The zero-order valence-corrected chi connectivity index (χ0v) is 10.6. The SMILES string of the molecule is O=C(O)Cn1cc(C(=O)NCCc2ccccn2)nn1. The molecule has 8 heteroatoms. The van der Waals surface area contributed by atoms with Crippen molar-refractivity contribution in [2.75, 3.05) is 6.54 Å². The minimum absolute atomic E-state index is 0.0901. The average molecular weight is 275 g/mol. The first-order chi connectivity index (χ1) is 9.65. The van der Waals surface area contributed by atoms with E-state index in [0.29, 0.717) is 13.0 Å². The summed E-state index contributed by atoms with van der Waals surface area (Å²) < 4.78 is 1.09. The van der Waals surface area contributed by atoms with Crippen molar-refractivity contribution in [3.63, 3.8) is 0 Å². The van der Waals surface area contributed by atoms with Gasteiger partial charge in [0.05, 0.1) is 6.20 Å². The average Bonchev–Trinajstić information content (AvgIpc) is 2.87. The maximum Gasteiger partial charge on any atom is 0.325 e. The minimum atomic E-state index is -1.04. The highest BCUT2D eigenvalue weighted by Gasteiger charge is 2.11. The quantitative estimate of drug-likeness (QED) is 0.751. The molecule has 0 aliphatic heterocycles. The number of aliphatic carboxylic acids is 1. The molecule has 2 N–H and O–H groups in total. The predicted octanol–water partition coefficient (Wildman–Crippen LogP) is -0.270. The Kier molecular flexibility index (Phi) is 4.38. The number of carboxylic acid groups (broad SMARTS) is 1. The monoisotopic (exact) mass is 275 g/mol. The topological polar surface area (TPSA) is 110 Å². The Morgan fingerprint density at radius 1 is 1.35 bits per heavy atom. The van der Waals surface area contributed by atoms with E-state index in [1.54, 1.807) is 6.20 Å². The van der Waals surface area contributed by atoms with Gasteiger partial charge in [0.1, 0.15) is 6.54 Å². The van der Waals surface area contributed by atoms with Gasteiger partial charge < -0.3 is 10.4 Å². The number of rotatable bonds is 6. The lowest BCUT2D eigenvalue weighted by Gasteiger charge is -2.02. The molecule has 0 saturated carbocycles. The summed E-state index contributed by atoms with van der Waals surface area (Å²) in [5.74, 6) is -1.44. The van der Waals surface area contributed by atoms with Crippen LogP contribution in [0, 0.1) is 0 Å². The third-order valence-corrected chi connectivity index (χ3v) is 2.46. The molecule has 0 spiro atoms. The maximum atomic E-state index is 11.7. The van der Waals surface area contributed by atoms with Gasteiger partial charge in [-0.2, -0.15) is 0 Å². The summed E-state index contributed by atoms with van der Waals surface area (Å²) >= 11 is 0. The van der Waals surface area contributed by atoms with Crippen LogP contribution in [0.1, 0.15) is 16.2 Å². The number of nitrogens with one attached hydrogen (secondary N) is 1. The van der Waals surface area contributed by atoms with Gasteiger partial charge in [0, 0.05) is 24.9 Å². The molecule has 0 atom stereocenters. The number of carboxylic acids is 1. The molecule has 1 amide bonds. The number of pyridine rings is 1. The van der Waals surface area contributed by atoms with Gasteiger partial charge in [-0.25, -0.2) is 4.68 Å². The number of nitrogens with zero attached hydrogens (tertiary/aromatic N) is 4. The summed E-state index contributed by atoms with van der Waals surface area (Å²) in [5.41, 5.74) is 0.967. The Morgan fingerprint density at radius 3 is 2.90 bits per heavy atom. The van der Waals surface area contributed by atoms with Crippen LogP contribution in [0.2, 0.25) is 0 Å². The van der Waals surface area contributed by atoms with Gasteiger partial charge in [-0.15, -0.1) is 5.10 Å². The van der Waals surface area contributed by atoms with Gasteiger partial charge in [0.25, 0.3) is 5.91 Å². The summed E-state index contributed by atoms with van der Waals surface area (Å²) in [5, 5.41) is 18.4. The van der Waals surface area contributed by atoms with Crippen LogP contribution < -0.4 is 5.32 Å². The molecule has 0 aliphatic rings. The Morgan fingerprint density at radius 2 is 2.20 bits per heavy atom. The van der Waals surface area contributed by atoms with E-state index >= 15 is 0 Å². The van der Waals surface area contributed by atoms with Crippen LogP contribution in [0.5, 0.6) is 0 Å². The highest BCUT2D eigenvalue weighted by atomic mass is 16.4. The van der Waals surface area contributed by atoms with Gasteiger partial charge >= 0.3 is 5.97 Å². The minimum Gasteiger partial charge on any atom is -0.480 e. The normalized spacial score (nSPS) is 10.2. The molecule has 0 fully saturated rings. The van der Waals surface area contributed by atoms with Crippen LogP contribution in [0.15, 0.2) is 30.6 Å². The first-order valence-electron chi connectivity index (χ1n) is 5.95. The van der Waals surface area contributed by atoms with Crippen LogP contribution in [-0.2, 0) is 17.8 Å². The van der Waals surface area contributed by atoms with E-state index in [4.69, 9.17) is 5.11 Å². The Labute approximate surface area is 114 Å². The third-order valence-electron chi connectivity index (χ3n) is 2.46. The summed E-state index contributed by atoms with van der Waals surface area (Å²) in [6, 6.07) is 5.57. The largest absolute Gasteiger partial charge is 0.480 e. The van der Waals surface area contributed by atoms with E-state index in [0.717, 1.165) is 10.4 Å². The van der Waals surface area contributed by atoms with Gasteiger partial charge in [0.2, 0.25) is 0 Å². The van der Waals surface area contributed by atoms with Gasteiger partial charge in [-0.1, -0.05) is 11.3 Å². The fourth-order valence-corrected chi connectivity index (χ4v) is 1.56. The molecule has 8 nitrogen and oxygen atoms in total. The smallest absolute Gasteiger partial charge is 0.325 e. The van der Waals surface area contributed by atoms with Crippen molar-refractivity contribution in [2.45, 2.75) is 13.0 Å². The van der Waals surface area contributed by atoms with Crippen molar-refractivity contribution in [1.82, 2.24) is 25.3 Å². The number of hydrogen-bond acceptors (Lipinski definition) is 5. The molecule has 104 valence electrons. The van der Waals surface area contributed by atoms with Crippen molar-refractivity contribution in [3.8, 4) is 0 Å². The lowest BCUT2D eigenvalue weighted by molar-refractivity contribution is -0.137. The molecule has 20 heavy (non-hydrogen) atoms. The van der Waals surface area contributed by atoms with Crippen LogP contribution in [0.3, 0.4) is 0 Å². The molecule has 2 aromatic rings. The third kappa shape index (κ3) is 3.87. The molecule has 0 saturated heterocycles. The molecule has 0 unspecified atom stereocenters. The zero-order valence-electron chi connectivity index (χ0n) is 10.6. The first kappa shape index (κ1) is 13.7. The highest BCUT2D eigenvalue weighted by Crippen LogP contribution is 1.96. The van der Waals surface area contributed by atoms with Crippen molar-refractivity contribution in [1.29, 1.82) is 0 Å². The number of amides is 1. The zero-order chi connectivity index (χ0) is 14.4. The number of carbonyl (C=O) groups excluding carboxylic acids is 1. The van der Waals surface area contributed by atoms with E-state index < -0.39 is 11.9 Å². The molecular formula is C12H13N5O3. The lowest BCUT2D eigenvalue weighted by Crippen LogP contribution is -2.26. The van der Waals surface area contributed by atoms with E-state index in [1.165, 1.54) is 6.20 Å². The van der Waals surface area contributed by atoms with Crippen LogP contribution >= 0.6 is 0 Å². The lowest BCUT2D eigenvalue weighted by atomic mass is 10.2. The van der Waals surface area contributed by atoms with Gasteiger partial charge in [-0.3, -0.25) is 14.6 Å². The summed E-state index contributed by atoms with van der Waals surface area (Å²) in [4.78, 5) is 26.4. The molecule has 0 bridgehead atoms. The van der Waals surface area contributed by atoms with E-state index in [-0.39, 0.29) is 12.2 Å². The fourth-order valence-electron chi connectivity index (χ4n) is 1.56. The summed E-state index contributed by atoms with van der Waals surface area (Å²) in [6.07, 6.45) is 3.59. The fraction of sp³-hybridized carbons (Fsp3) is 0.250. The molecule has 0 aromatic carbocycles. The number of aromatic nitrogens is 4. The standard InChI is InChI=1S/C12H13N5O3/c18-11(19)8-17-7-10(15-16-17)12(20)14-6-4-9-3-1-2-5-13-9/h1-3,5,7H,4,6,8H2,(H,14,20)(H,18,19). The second-order valence-corrected chi connectivity index (χ2v) is 4.02. The maximum absolute atomic E-state index is 11.7. The second-order valence-electron chi connectivity index (χ2n) is 4.02. The van der Waals surface area contributed by atoms with Crippen LogP contribution in [0.25, 0.3) is 0 Å². The molecule has 2 rings (SSSR count). The van der Waals surface area contributed by atoms with Gasteiger partial charge in [0.15, 0.2) is 5.69 Å². The molecule has 2 aromatic heterocycles.